The maximum atomic E-state index is 12.9. The first-order valence-corrected chi connectivity index (χ1v) is 7.43. The quantitative estimate of drug-likeness (QED) is 0.914. The fraction of sp³-hybridized carbons (Fsp3) is 0.500. The van der Waals surface area contributed by atoms with Crippen molar-refractivity contribution in [2.75, 3.05) is 18.1 Å². The number of benzene rings is 1. The molecule has 1 atom stereocenters. The van der Waals surface area contributed by atoms with Crippen LogP contribution < -0.4 is 5.32 Å². The highest BCUT2D eigenvalue weighted by molar-refractivity contribution is 9.10. The third-order valence-electron chi connectivity index (χ3n) is 2.79. The van der Waals surface area contributed by atoms with Gasteiger partial charge in [0.25, 0.3) is 0 Å². The number of halogens is 2. The van der Waals surface area contributed by atoms with Crippen LogP contribution in [-0.4, -0.2) is 18.1 Å². The molecule has 4 heteroatoms. The van der Waals surface area contributed by atoms with E-state index in [0.717, 1.165) is 29.0 Å². The third-order valence-corrected chi connectivity index (χ3v) is 4.76. The Morgan fingerprint density at radius 3 is 3.06 bits per heavy atom. The highest BCUT2D eigenvalue weighted by atomic mass is 79.9. The molecule has 2 rings (SSSR count). The Hall–Kier alpha value is -0.0600. The zero-order valence-electron chi connectivity index (χ0n) is 9.01. The van der Waals surface area contributed by atoms with Gasteiger partial charge in [0, 0.05) is 11.0 Å². The molecular formula is C12H15BrFNS. The molecule has 1 fully saturated rings. The Bertz CT molecular complexity index is 353. The van der Waals surface area contributed by atoms with E-state index in [1.54, 1.807) is 0 Å². The number of hydrogen-bond donors (Lipinski definition) is 1. The topological polar surface area (TPSA) is 12.0 Å². The van der Waals surface area contributed by atoms with Crippen molar-refractivity contribution in [3.8, 4) is 0 Å². The summed E-state index contributed by atoms with van der Waals surface area (Å²) in [6.45, 7) is 1.87. The molecule has 1 aliphatic rings. The molecule has 16 heavy (non-hydrogen) atoms. The molecule has 1 saturated heterocycles. The normalized spacial score (nSPS) is 20.2. The summed E-state index contributed by atoms with van der Waals surface area (Å²) in [5, 5.41) is 3.44. The minimum atomic E-state index is -0.192. The molecule has 0 amide bonds. The van der Waals surface area contributed by atoms with Gasteiger partial charge in [-0.1, -0.05) is 22.0 Å². The third kappa shape index (κ3) is 3.47. The van der Waals surface area contributed by atoms with E-state index in [4.69, 9.17) is 0 Å². The average Bonchev–Trinajstić information content (AvgIpc) is 2.74. The summed E-state index contributed by atoms with van der Waals surface area (Å²) in [6.07, 6.45) is 1.32. The van der Waals surface area contributed by atoms with Crippen LogP contribution in [0.15, 0.2) is 22.7 Å². The molecule has 1 aliphatic heterocycles. The van der Waals surface area contributed by atoms with Crippen LogP contribution in [-0.2, 0) is 6.54 Å². The molecule has 1 unspecified atom stereocenters. The first kappa shape index (κ1) is 12.4. The van der Waals surface area contributed by atoms with Crippen LogP contribution in [0.3, 0.4) is 0 Å². The van der Waals surface area contributed by atoms with Gasteiger partial charge in [-0.05, 0) is 48.1 Å². The second-order valence-corrected chi connectivity index (χ2v) is 6.10. The Balaban J connectivity index is 1.80. The van der Waals surface area contributed by atoms with Crippen LogP contribution in [0.2, 0.25) is 0 Å². The summed E-state index contributed by atoms with van der Waals surface area (Å²) in [5.41, 5.74) is 1.12. The zero-order chi connectivity index (χ0) is 11.4. The lowest BCUT2D eigenvalue weighted by molar-refractivity contribution is 0.522. The lowest BCUT2D eigenvalue weighted by Gasteiger charge is -2.10. The molecule has 1 aromatic rings. The van der Waals surface area contributed by atoms with Crippen LogP contribution in [0.25, 0.3) is 0 Å². The summed E-state index contributed by atoms with van der Waals surface area (Å²) in [5.74, 6) is 3.19. The van der Waals surface area contributed by atoms with Crippen molar-refractivity contribution in [3.05, 3.63) is 34.1 Å². The Kier molecular flexibility index (Phi) is 4.67. The van der Waals surface area contributed by atoms with E-state index in [0.29, 0.717) is 0 Å². The van der Waals surface area contributed by atoms with Gasteiger partial charge in [0.2, 0.25) is 0 Å². The zero-order valence-corrected chi connectivity index (χ0v) is 11.4. The van der Waals surface area contributed by atoms with E-state index in [2.05, 4.69) is 21.2 Å². The number of nitrogens with one attached hydrogen (secondary N) is 1. The Morgan fingerprint density at radius 1 is 1.50 bits per heavy atom. The summed E-state index contributed by atoms with van der Waals surface area (Å²) < 4.78 is 13.7. The largest absolute Gasteiger partial charge is 0.312 e. The number of thioether (sulfide) groups is 1. The molecule has 0 saturated carbocycles. The standard InChI is InChI=1S/C12H15BrFNS/c13-12-5-11(14)2-1-10(12)7-15-6-9-3-4-16-8-9/h1-2,5,9,15H,3-4,6-8H2. The minimum Gasteiger partial charge on any atom is -0.312 e. The van der Waals surface area contributed by atoms with Crippen molar-refractivity contribution >= 4 is 27.7 Å². The SMILES string of the molecule is Fc1ccc(CNCC2CCSC2)c(Br)c1. The molecular weight excluding hydrogens is 289 g/mol. The lowest BCUT2D eigenvalue weighted by Crippen LogP contribution is -2.22. The molecule has 88 valence electrons. The summed E-state index contributed by atoms with van der Waals surface area (Å²) in [6, 6.07) is 4.85. The maximum absolute atomic E-state index is 12.9. The highest BCUT2D eigenvalue weighted by Gasteiger charge is 2.14. The van der Waals surface area contributed by atoms with Gasteiger partial charge in [0.05, 0.1) is 0 Å². The fourth-order valence-corrected chi connectivity index (χ4v) is 3.60. The minimum absolute atomic E-state index is 0.192. The van der Waals surface area contributed by atoms with Crippen LogP contribution in [0.1, 0.15) is 12.0 Å². The molecule has 0 spiro atoms. The van der Waals surface area contributed by atoms with Crippen LogP contribution in [0.4, 0.5) is 4.39 Å². The molecule has 0 bridgehead atoms. The van der Waals surface area contributed by atoms with Gasteiger partial charge >= 0.3 is 0 Å². The van der Waals surface area contributed by atoms with Gasteiger partial charge in [0.1, 0.15) is 5.82 Å². The predicted octanol–water partition coefficient (Wildman–Crippen LogP) is 3.43. The maximum Gasteiger partial charge on any atom is 0.124 e. The molecule has 1 nitrogen and oxygen atoms in total. The van der Waals surface area contributed by atoms with E-state index in [1.165, 1.54) is 30.1 Å². The van der Waals surface area contributed by atoms with Crippen molar-refractivity contribution in [3.63, 3.8) is 0 Å². The molecule has 1 heterocycles. The van der Waals surface area contributed by atoms with E-state index < -0.39 is 0 Å². The average molecular weight is 304 g/mol. The van der Waals surface area contributed by atoms with Crippen molar-refractivity contribution in [2.45, 2.75) is 13.0 Å². The van der Waals surface area contributed by atoms with Crippen LogP contribution in [0.5, 0.6) is 0 Å². The summed E-state index contributed by atoms with van der Waals surface area (Å²) in [7, 11) is 0. The predicted molar refractivity (Wildman–Crippen MR) is 71.2 cm³/mol. The molecule has 1 aromatic carbocycles. The molecule has 1 N–H and O–H groups in total. The van der Waals surface area contributed by atoms with Crippen molar-refractivity contribution in [2.24, 2.45) is 5.92 Å². The van der Waals surface area contributed by atoms with Gasteiger partial charge in [-0.15, -0.1) is 0 Å². The van der Waals surface area contributed by atoms with Gasteiger partial charge < -0.3 is 5.32 Å². The second kappa shape index (κ2) is 6.03. The van der Waals surface area contributed by atoms with E-state index >= 15 is 0 Å². The highest BCUT2D eigenvalue weighted by Crippen LogP contribution is 2.23. The smallest absolute Gasteiger partial charge is 0.124 e. The molecule has 0 aliphatic carbocycles. The summed E-state index contributed by atoms with van der Waals surface area (Å²) in [4.78, 5) is 0. The summed E-state index contributed by atoms with van der Waals surface area (Å²) >= 11 is 5.41. The van der Waals surface area contributed by atoms with Crippen molar-refractivity contribution < 1.29 is 4.39 Å². The number of rotatable bonds is 4. The first-order valence-electron chi connectivity index (χ1n) is 5.48. The number of hydrogen-bond acceptors (Lipinski definition) is 2. The van der Waals surface area contributed by atoms with Crippen LogP contribution in [0, 0.1) is 11.7 Å². The van der Waals surface area contributed by atoms with E-state index in [-0.39, 0.29) is 5.82 Å². The Labute approximate surface area is 108 Å². The van der Waals surface area contributed by atoms with Gasteiger partial charge in [0.15, 0.2) is 0 Å². The molecule has 0 aromatic heterocycles. The first-order chi connectivity index (χ1) is 7.75. The lowest BCUT2D eigenvalue weighted by atomic mass is 10.1. The van der Waals surface area contributed by atoms with Gasteiger partial charge in [-0.25, -0.2) is 4.39 Å². The van der Waals surface area contributed by atoms with Crippen molar-refractivity contribution in [1.82, 2.24) is 5.32 Å². The second-order valence-electron chi connectivity index (χ2n) is 4.10. The monoisotopic (exact) mass is 303 g/mol. The Morgan fingerprint density at radius 2 is 2.38 bits per heavy atom. The van der Waals surface area contributed by atoms with Gasteiger partial charge in [-0.2, -0.15) is 11.8 Å². The van der Waals surface area contributed by atoms with Gasteiger partial charge in [-0.3, -0.25) is 0 Å². The van der Waals surface area contributed by atoms with Crippen molar-refractivity contribution in [1.29, 1.82) is 0 Å². The van der Waals surface area contributed by atoms with E-state index in [9.17, 15) is 4.39 Å². The van der Waals surface area contributed by atoms with E-state index in [1.807, 2.05) is 17.8 Å². The fourth-order valence-electron chi connectivity index (χ4n) is 1.82. The van der Waals surface area contributed by atoms with Crippen LogP contribution >= 0.6 is 27.7 Å². The molecule has 0 radical (unpaired) electrons.